The van der Waals surface area contributed by atoms with Crippen LogP contribution in [0.15, 0.2) is 187 Å². The van der Waals surface area contributed by atoms with Gasteiger partial charge in [0, 0.05) is 19.5 Å². The molecule has 0 fully saturated rings. The molecule has 0 amide bonds. The SMILES string of the molecule is CC#CCOc1ccc(-c2ccc(-c3sc(-c4ccc(-c5ccc(OCCCC)cc5)s4)c4c3N=S=N4)s2)cc1.CCCCOc1ccc(-c2ccc(-c3sc(-c4ccc(-c5ccc(C)cc5)cc4)c4c3N=S=N4)cc2)cc1. The quantitative estimate of drug-likeness (QED) is 0.0634. The van der Waals surface area contributed by atoms with Gasteiger partial charge in [-0.15, -0.1) is 51.3 Å². The highest BCUT2D eigenvalue weighted by atomic mass is 32.1. The van der Waals surface area contributed by atoms with Gasteiger partial charge in [-0.25, -0.2) is 0 Å². The van der Waals surface area contributed by atoms with Gasteiger partial charge in [-0.3, -0.25) is 0 Å². The molecular formula is C65H54N4O3S6. The van der Waals surface area contributed by atoms with Crippen LogP contribution in [0.1, 0.15) is 52.0 Å². The molecule has 7 nitrogen and oxygen atoms in total. The molecule has 0 atom stereocenters. The molecule has 2 aliphatic heterocycles. The third-order valence-electron chi connectivity index (χ3n) is 13.1. The smallest absolute Gasteiger partial charge is 0.149 e. The van der Waals surface area contributed by atoms with Gasteiger partial charge in [0.25, 0.3) is 0 Å². The van der Waals surface area contributed by atoms with E-state index in [1.165, 1.54) is 107 Å². The van der Waals surface area contributed by atoms with Crippen molar-refractivity contribution in [1.82, 2.24) is 0 Å². The fourth-order valence-electron chi connectivity index (χ4n) is 8.73. The minimum Gasteiger partial charge on any atom is -0.494 e. The van der Waals surface area contributed by atoms with E-state index in [4.69, 9.17) is 14.2 Å². The van der Waals surface area contributed by atoms with Gasteiger partial charge in [-0.2, -0.15) is 17.5 Å². The van der Waals surface area contributed by atoms with Crippen molar-refractivity contribution in [3.8, 4) is 113 Å². The average molecular weight is 1130 g/mol. The number of nitrogens with zero attached hydrogens (tertiary/aromatic N) is 4. The molecule has 4 aromatic heterocycles. The van der Waals surface area contributed by atoms with Crippen LogP contribution in [0.25, 0.3) is 83.5 Å². The third kappa shape index (κ3) is 12.1. The summed E-state index contributed by atoms with van der Waals surface area (Å²) in [6, 6.07) is 59.9. The first-order chi connectivity index (χ1) is 38.4. The molecule has 10 aromatic rings. The summed E-state index contributed by atoms with van der Waals surface area (Å²) >= 11 is 9.68. The Morgan fingerprint density at radius 2 is 0.692 bits per heavy atom. The Morgan fingerprint density at radius 1 is 0.359 bits per heavy atom. The molecule has 0 saturated heterocycles. The van der Waals surface area contributed by atoms with Crippen molar-refractivity contribution in [2.45, 2.75) is 53.4 Å². The van der Waals surface area contributed by atoms with Crippen LogP contribution in [0.5, 0.6) is 17.2 Å². The van der Waals surface area contributed by atoms with Crippen molar-refractivity contribution < 1.29 is 14.2 Å². The highest BCUT2D eigenvalue weighted by molar-refractivity contribution is 7.58. The summed E-state index contributed by atoms with van der Waals surface area (Å²) in [5, 5.41) is 0. The lowest BCUT2D eigenvalue weighted by molar-refractivity contribution is 0.309. The van der Waals surface area contributed by atoms with Crippen LogP contribution >= 0.6 is 45.3 Å². The van der Waals surface area contributed by atoms with Crippen molar-refractivity contribution in [2.24, 2.45) is 17.5 Å². The number of rotatable bonds is 18. The van der Waals surface area contributed by atoms with Gasteiger partial charge in [0.2, 0.25) is 0 Å². The minimum absolute atomic E-state index is 0.406. The summed E-state index contributed by atoms with van der Waals surface area (Å²) in [5.41, 5.74) is 14.7. The van der Waals surface area contributed by atoms with Gasteiger partial charge < -0.3 is 14.2 Å². The van der Waals surface area contributed by atoms with Crippen LogP contribution in [0.2, 0.25) is 0 Å². The number of thiophene rings is 4. The predicted molar refractivity (Wildman–Crippen MR) is 335 cm³/mol. The van der Waals surface area contributed by atoms with Crippen molar-refractivity contribution in [2.75, 3.05) is 19.8 Å². The second-order valence-electron chi connectivity index (χ2n) is 18.5. The van der Waals surface area contributed by atoms with Crippen LogP contribution in [0.4, 0.5) is 22.7 Å². The summed E-state index contributed by atoms with van der Waals surface area (Å²) in [6.45, 7) is 10.2. The molecule has 2 aliphatic rings. The second kappa shape index (κ2) is 25.0. The zero-order valence-electron chi connectivity index (χ0n) is 43.6. The highest BCUT2D eigenvalue weighted by Crippen LogP contribution is 2.57. The molecule has 388 valence electrons. The maximum absolute atomic E-state index is 5.83. The van der Waals surface area contributed by atoms with Crippen LogP contribution in [-0.2, 0) is 22.7 Å². The number of benzene rings is 6. The third-order valence-corrected chi connectivity index (χ3v) is 19.2. The van der Waals surface area contributed by atoms with E-state index in [1.54, 1.807) is 45.3 Å². The molecule has 6 heterocycles. The summed E-state index contributed by atoms with van der Waals surface area (Å²) in [5.74, 6) is 8.45. The van der Waals surface area contributed by atoms with E-state index in [0.29, 0.717) is 6.61 Å². The standard InChI is InChI=1S/C33H28N2OS2.C32H26N2O2S4/c1-3-4-21-36-29-19-17-26(18-20-29)25-11-15-28(16-12-25)33-31-30(34-38-35-31)32(37-33)27-13-9-24(10-14-27)23-7-5-22(2)6-8-23;1-3-5-19-35-23-11-7-21(8-12-23)25-15-17-27(37-25)31-29-30(34-40-33-29)32(39-31)28-18-16-26(38-28)22-9-13-24(14-10-22)36-20-6-4-2/h5-20H,3-4,21H2,1-2H3;7-18H,3,5,19-20H2,1-2H3. The van der Waals surface area contributed by atoms with E-state index in [2.05, 4.69) is 208 Å². The summed E-state index contributed by atoms with van der Waals surface area (Å²) in [7, 11) is 0. The zero-order valence-corrected chi connectivity index (χ0v) is 48.5. The van der Waals surface area contributed by atoms with E-state index >= 15 is 0 Å². The fourth-order valence-corrected chi connectivity index (χ4v) is 14.7. The minimum atomic E-state index is 0.406. The monoisotopic (exact) mass is 1130 g/mol. The summed E-state index contributed by atoms with van der Waals surface area (Å²) in [4.78, 5) is 9.55. The topological polar surface area (TPSA) is 77.1 Å². The van der Waals surface area contributed by atoms with E-state index in [1.807, 2.05) is 19.1 Å². The first kappa shape index (κ1) is 52.8. The Balaban J connectivity index is 0.000000166. The average Bonchev–Trinajstić information content (AvgIpc) is 4.40. The highest BCUT2D eigenvalue weighted by Gasteiger charge is 2.26. The molecule has 0 N–H and O–H groups in total. The van der Waals surface area contributed by atoms with Crippen molar-refractivity contribution in [3.05, 3.63) is 175 Å². The first-order valence-corrected chi connectivity index (χ1v) is 30.7. The Kier molecular flexibility index (Phi) is 16.9. The van der Waals surface area contributed by atoms with Gasteiger partial charge >= 0.3 is 0 Å². The molecule has 78 heavy (non-hydrogen) atoms. The Labute approximate surface area is 480 Å². The molecular weight excluding hydrogens is 1080 g/mol. The molecule has 0 radical (unpaired) electrons. The molecule has 0 spiro atoms. The Hall–Kier alpha value is -7.28. The van der Waals surface area contributed by atoms with Gasteiger partial charge in [-0.05, 0) is 156 Å². The molecule has 0 aliphatic carbocycles. The number of hydrogen-bond donors (Lipinski definition) is 0. The molecule has 6 aromatic carbocycles. The number of fused-ring (bicyclic) bond motifs is 2. The van der Waals surface area contributed by atoms with E-state index in [0.717, 1.165) is 83.8 Å². The largest absolute Gasteiger partial charge is 0.494 e. The maximum Gasteiger partial charge on any atom is 0.149 e. The molecule has 13 heteroatoms. The van der Waals surface area contributed by atoms with Crippen LogP contribution in [0, 0.1) is 18.8 Å². The maximum atomic E-state index is 5.83. The first-order valence-electron chi connectivity index (χ1n) is 26.0. The number of ether oxygens (including phenoxy) is 3. The van der Waals surface area contributed by atoms with E-state index < -0.39 is 0 Å². The lowest BCUT2D eigenvalue weighted by atomic mass is 10.0. The molecule has 0 bridgehead atoms. The second-order valence-corrected chi connectivity index (χ2v) is 23.8. The van der Waals surface area contributed by atoms with Gasteiger partial charge in [-0.1, -0.05) is 123 Å². The lowest BCUT2D eigenvalue weighted by Gasteiger charge is -2.07. The van der Waals surface area contributed by atoms with E-state index in [9.17, 15) is 0 Å². The van der Waals surface area contributed by atoms with Crippen molar-refractivity contribution in [1.29, 1.82) is 0 Å². The summed E-state index contributed by atoms with van der Waals surface area (Å²) < 4.78 is 36.0. The number of aryl methyl sites for hydroxylation is 1. The van der Waals surface area contributed by atoms with Gasteiger partial charge in [0.1, 0.15) is 46.6 Å². The lowest BCUT2D eigenvalue weighted by Crippen LogP contribution is -1.95. The Bertz CT molecular complexity index is 3900. The Morgan fingerprint density at radius 3 is 1.10 bits per heavy atom. The van der Waals surface area contributed by atoms with E-state index in [-0.39, 0.29) is 0 Å². The van der Waals surface area contributed by atoms with Crippen LogP contribution in [0.3, 0.4) is 0 Å². The molecule has 0 unspecified atom stereocenters. The summed E-state index contributed by atoms with van der Waals surface area (Å²) in [6.07, 6.45) is 4.42. The zero-order chi connectivity index (χ0) is 53.2. The molecule has 0 saturated carbocycles. The number of unbranched alkanes of at least 4 members (excludes halogenated alkanes) is 2. The van der Waals surface area contributed by atoms with Gasteiger partial charge in [0.15, 0.2) is 0 Å². The van der Waals surface area contributed by atoms with Crippen LogP contribution < -0.4 is 14.2 Å². The normalized spacial score (nSPS) is 11.7. The van der Waals surface area contributed by atoms with Crippen molar-refractivity contribution in [3.63, 3.8) is 0 Å². The number of hydrogen-bond acceptors (Lipinski definition) is 11. The van der Waals surface area contributed by atoms with Crippen molar-refractivity contribution >= 4 is 90.8 Å². The molecule has 12 rings (SSSR count). The fraction of sp³-hybridized carbons (Fsp3) is 0.169. The van der Waals surface area contributed by atoms with Gasteiger partial charge in [0.05, 0.1) is 55.4 Å². The van der Waals surface area contributed by atoms with Crippen LogP contribution in [-0.4, -0.2) is 19.8 Å². The predicted octanol–water partition coefficient (Wildman–Crippen LogP) is 21.5.